The van der Waals surface area contributed by atoms with E-state index < -0.39 is 0 Å². The van der Waals surface area contributed by atoms with Crippen molar-refractivity contribution in [2.75, 3.05) is 25.5 Å². The van der Waals surface area contributed by atoms with E-state index >= 15 is 0 Å². The summed E-state index contributed by atoms with van der Waals surface area (Å²) in [7, 11) is 2.23. The van der Waals surface area contributed by atoms with Crippen LogP contribution < -0.4 is 0 Å². The van der Waals surface area contributed by atoms with Gasteiger partial charge in [0.2, 0.25) is 0 Å². The molecule has 0 aromatic carbocycles. The molecule has 0 rings (SSSR count). The van der Waals surface area contributed by atoms with Crippen molar-refractivity contribution in [2.24, 2.45) is 11.8 Å². The molecule has 2 heteroatoms. The monoisotopic (exact) mass is 249 g/mol. The van der Waals surface area contributed by atoms with Crippen LogP contribution in [-0.4, -0.2) is 30.4 Å². The third-order valence-corrected chi connectivity index (χ3v) is 3.41. The number of rotatable bonds is 7. The quantitative estimate of drug-likeness (QED) is 0.626. The van der Waals surface area contributed by atoms with E-state index in [4.69, 9.17) is 0 Å². The fourth-order valence-electron chi connectivity index (χ4n) is 1.36. The van der Waals surface area contributed by atoms with Gasteiger partial charge in [-0.25, -0.2) is 0 Å². The summed E-state index contributed by atoms with van der Waals surface area (Å²) in [6.45, 7) is 9.33. The molecule has 0 aliphatic rings. The van der Waals surface area contributed by atoms with Crippen molar-refractivity contribution >= 4 is 15.9 Å². The second-order valence-corrected chi connectivity index (χ2v) is 4.92. The maximum Gasteiger partial charge on any atom is 0.00743 e. The molecule has 0 saturated heterocycles. The van der Waals surface area contributed by atoms with Crippen LogP contribution in [0.15, 0.2) is 0 Å². The molecule has 0 bridgehead atoms. The zero-order valence-corrected chi connectivity index (χ0v) is 11.1. The molecule has 1 nitrogen and oxygen atoms in total. The van der Waals surface area contributed by atoms with Crippen LogP contribution in [0.2, 0.25) is 0 Å². The first-order valence-corrected chi connectivity index (χ1v) is 6.48. The summed E-state index contributed by atoms with van der Waals surface area (Å²) in [5, 5.41) is 1.13. The first-order chi connectivity index (χ1) is 6.11. The van der Waals surface area contributed by atoms with E-state index in [1.54, 1.807) is 0 Å². The number of hydrogen-bond donors (Lipinski definition) is 0. The van der Waals surface area contributed by atoms with Gasteiger partial charge in [-0.05, 0) is 31.8 Å². The average molecular weight is 250 g/mol. The van der Waals surface area contributed by atoms with Crippen molar-refractivity contribution in [1.29, 1.82) is 0 Å². The molecule has 0 spiro atoms. The summed E-state index contributed by atoms with van der Waals surface area (Å²) in [5.41, 5.74) is 0. The minimum Gasteiger partial charge on any atom is -0.306 e. The van der Waals surface area contributed by atoms with Crippen molar-refractivity contribution < 1.29 is 0 Å². The normalized spacial score (nSPS) is 14.1. The van der Waals surface area contributed by atoms with Crippen molar-refractivity contribution in [3.05, 3.63) is 0 Å². The van der Waals surface area contributed by atoms with Crippen LogP contribution in [0.1, 0.15) is 33.6 Å². The number of hydrogen-bond acceptors (Lipinski definition) is 1. The second-order valence-electron chi connectivity index (χ2n) is 4.27. The van der Waals surface area contributed by atoms with Gasteiger partial charge in [-0.1, -0.05) is 43.1 Å². The number of halogens is 1. The predicted octanol–water partition coefficient (Wildman–Crippen LogP) is 3.39. The van der Waals surface area contributed by atoms with Crippen LogP contribution in [0.4, 0.5) is 0 Å². The van der Waals surface area contributed by atoms with Crippen molar-refractivity contribution in [2.45, 2.75) is 33.6 Å². The van der Waals surface area contributed by atoms with E-state index in [0.29, 0.717) is 0 Å². The van der Waals surface area contributed by atoms with Gasteiger partial charge in [0.15, 0.2) is 0 Å². The van der Waals surface area contributed by atoms with E-state index in [0.717, 1.165) is 17.2 Å². The Labute approximate surface area is 92.0 Å². The summed E-state index contributed by atoms with van der Waals surface area (Å²) >= 11 is 3.59. The van der Waals surface area contributed by atoms with E-state index in [-0.39, 0.29) is 0 Å². The van der Waals surface area contributed by atoms with E-state index in [9.17, 15) is 0 Å². The number of alkyl halides is 1. The number of unbranched alkanes of at least 4 members (excludes halogenated alkanes) is 1. The highest BCUT2D eigenvalue weighted by Gasteiger charge is 2.13. The largest absolute Gasteiger partial charge is 0.306 e. The smallest absolute Gasteiger partial charge is 0.00743 e. The van der Waals surface area contributed by atoms with Gasteiger partial charge in [-0.15, -0.1) is 0 Å². The Balaban J connectivity index is 3.66. The highest BCUT2D eigenvalue weighted by atomic mass is 79.9. The zero-order valence-electron chi connectivity index (χ0n) is 9.52. The maximum atomic E-state index is 3.59. The van der Waals surface area contributed by atoms with Crippen LogP contribution >= 0.6 is 15.9 Å². The van der Waals surface area contributed by atoms with Gasteiger partial charge < -0.3 is 4.90 Å². The molecular weight excluding hydrogens is 226 g/mol. The maximum absolute atomic E-state index is 3.59. The van der Waals surface area contributed by atoms with E-state index in [1.165, 1.54) is 25.9 Å². The average Bonchev–Trinajstić information content (AvgIpc) is 2.10. The highest BCUT2D eigenvalue weighted by Crippen LogP contribution is 2.14. The fraction of sp³-hybridized carbons (Fsp3) is 1.00. The van der Waals surface area contributed by atoms with Crippen molar-refractivity contribution in [3.8, 4) is 0 Å². The fourth-order valence-corrected chi connectivity index (χ4v) is 2.31. The lowest BCUT2D eigenvalue weighted by molar-refractivity contribution is 0.251. The third kappa shape index (κ3) is 6.50. The minimum absolute atomic E-state index is 0.781. The second kappa shape index (κ2) is 7.81. The van der Waals surface area contributed by atoms with Gasteiger partial charge in [0, 0.05) is 11.9 Å². The van der Waals surface area contributed by atoms with Crippen LogP contribution in [0.5, 0.6) is 0 Å². The Hall–Kier alpha value is 0.440. The molecule has 0 amide bonds. The van der Waals surface area contributed by atoms with Crippen LogP contribution in [-0.2, 0) is 0 Å². The van der Waals surface area contributed by atoms with E-state index in [1.807, 2.05) is 0 Å². The predicted molar refractivity (Wildman–Crippen MR) is 64.5 cm³/mol. The Morgan fingerprint density at radius 1 is 1.31 bits per heavy atom. The Morgan fingerprint density at radius 2 is 1.92 bits per heavy atom. The summed E-state index contributed by atoms with van der Waals surface area (Å²) < 4.78 is 0. The third-order valence-electron chi connectivity index (χ3n) is 2.58. The van der Waals surface area contributed by atoms with Gasteiger partial charge in [0.05, 0.1) is 0 Å². The Bertz CT molecular complexity index is 115. The summed E-state index contributed by atoms with van der Waals surface area (Å²) in [6, 6.07) is 0. The lowest BCUT2D eigenvalue weighted by Gasteiger charge is -2.25. The molecule has 0 radical (unpaired) electrons. The molecule has 0 heterocycles. The Kier molecular flexibility index (Phi) is 8.07. The summed E-state index contributed by atoms with van der Waals surface area (Å²) in [6.07, 6.45) is 2.62. The van der Waals surface area contributed by atoms with Crippen LogP contribution in [0.25, 0.3) is 0 Å². The van der Waals surface area contributed by atoms with Gasteiger partial charge in [0.1, 0.15) is 0 Å². The molecule has 0 aromatic rings. The van der Waals surface area contributed by atoms with Crippen molar-refractivity contribution in [3.63, 3.8) is 0 Å². The molecular formula is C11H24BrN. The van der Waals surface area contributed by atoms with Gasteiger partial charge >= 0.3 is 0 Å². The molecule has 0 saturated carbocycles. The molecule has 0 aliphatic heterocycles. The minimum atomic E-state index is 0.781. The zero-order chi connectivity index (χ0) is 10.3. The highest BCUT2D eigenvalue weighted by molar-refractivity contribution is 9.09. The SMILES string of the molecule is CCCCN(C)CC(CBr)C(C)C. The Morgan fingerprint density at radius 3 is 2.31 bits per heavy atom. The summed E-state index contributed by atoms with van der Waals surface area (Å²) in [4.78, 5) is 2.45. The lowest BCUT2D eigenvalue weighted by Crippen LogP contribution is -2.30. The summed E-state index contributed by atoms with van der Waals surface area (Å²) in [5.74, 6) is 1.57. The van der Waals surface area contributed by atoms with Gasteiger partial charge in [0.25, 0.3) is 0 Å². The molecule has 1 atom stereocenters. The van der Waals surface area contributed by atoms with Crippen molar-refractivity contribution in [1.82, 2.24) is 4.90 Å². The molecule has 0 N–H and O–H groups in total. The van der Waals surface area contributed by atoms with Crippen LogP contribution in [0.3, 0.4) is 0 Å². The number of nitrogens with zero attached hydrogens (tertiary/aromatic N) is 1. The standard InChI is InChI=1S/C11H24BrN/c1-5-6-7-13(4)9-11(8-12)10(2)3/h10-11H,5-9H2,1-4H3. The molecule has 0 aromatic heterocycles. The lowest BCUT2D eigenvalue weighted by atomic mass is 9.97. The molecule has 1 unspecified atom stereocenters. The first-order valence-electron chi connectivity index (χ1n) is 5.36. The van der Waals surface area contributed by atoms with Crippen LogP contribution in [0, 0.1) is 11.8 Å². The molecule has 0 fully saturated rings. The van der Waals surface area contributed by atoms with E-state index in [2.05, 4.69) is 48.6 Å². The molecule has 13 heavy (non-hydrogen) atoms. The van der Waals surface area contributed by atoms with Gasteiger partial charge in [-0.2, -0.15) is 0 Å². The molecule has 80 valence electrons. The first kappa shape index (κ1) is 13.4. The molecule has 0 aliphatic carbocycles. The van der Waals surface area contributed by atoms with Gasteiger partial charge in [-0.3, -0.25) is 0 Å². The topological polar surface area (TPSA) is 3.24 Å².